The minimum atomic E-state index is -0.284. The monoisotopic (exact) mass is 382 g/mol. The van der Waals surface area contributed by atoms with Gasteiger partial charge in [-0.2, -0.15) is 0 Å². The lowest BCUT2D eigenvalue weighted by molar-refractivity contribution is 0.0786. The number of fused-ring (bicyclic) bond motifs is 1. The van der Waals surface area contributed by atoms with Crippen molar-refractivity contribution < 1.29 is 14.3 Å². The van der Waals surface area contributed by atoms with Gasteiger partial charge in [-0.1, -0.05) is 0 Å². The van der Waals surface area contributed by atoms with Gasteiger partial charge in [0.25, 0.3) is 11.8 Å². The first-order valence-corrected chi connectivity index (χ1v) is 10.1. The third-order valence-electron chi connectivity index (χ3n) is 5.34. The summed E-state index contributed by atoms with van der Waals surface area (Å²) in [5.74, 6) is 0.763. The van der Waals surface area contributed by atoms with Crippen molar-refractivity contribution in [2.75, 3.05) is 25.0 Å². The number of aromatic nitrogens is 2. The normalized spacial score (nSPS) is 16.0. The molecule has 2 aliphatic rings. The smallest absolute Gasteiger partial charge is 0.291 e. The number of nitrogens with zero attached hydrogens (tertiary/aromatic N) is 3. The molecule has 0 spiro atoms. The second kappa shape index (κ2) is 8.04. The minimum absolute atomic E-state index is 0.0386. The second-order valence-corrected chi connectivity index (χ2v) is 7.25. The Morgan fingerprint density at radius 1 is 1.07 bits per heavy atom. The summed E-state index contributed by atoms with van der Waals surface area (Å²) in [6.45, 7) is 4.80. The zero-order chi connectivity index (χ0) is 19.5. The molecule has 7 heteroatoms. The predicted octanol–water partition coefficient (Wildman–Crippen LogP) is 3.11. The van der Waals surface area contributed by atoms with Crippen molar-refractivity contribution in [1.29, 1.82) is 0 Å². The number of hydrogen-bond donors (Lipinski definition) is 1. The van der Waals surface area contributed by atoms with E-state index in [-0.39, 0.29) is 11.8 Å². The Labute approximate surface area is 164 Å². The second-order valence-electron chi connectivity index (χ2n) is 7.25. The van der Waals surface area contributed by atoms with Gasteiger partial charge in [-0.3, -0.25) is 9.59 Å². The highest BCUT2D eigenvalue weighted by molar-refractivity contribution is 6.03. The SMILES string of the molecule is CCOc1ccc(NC(=O)c2nc(C(=O)N3CCCC3)c3n2CCCC3)cc1. The van der Waals surface area contributed by atoms with Crippen LogP contribution in [0.3, 0.4) is 0 Å². The van der Waals surface area contributed by atoms with Gasteiger partial charge in [0.15, 0.2) is 5.82 Å². The molecule has 148 valence electrons. The van der Waals surface area contributed by atoms with E-state index in [1.54, 1.807) is 12.1 Å². The van der Waals surface area contributed by atoms with Crippen molar-refractivity contribution in [2.24, 2.45) is 0 Å². The molecule has 2 aliphatic heterocycles. The summed E-state index contributed by atoms with van der Waals surface area (Å²) in [5, 5.41) is 2.90. The highest BCUT2D eigenvalue weighted by atomic mass is 16.5. The summed E-state index contributed by atoms with van der Waals surface area (Å²) in [6, 6.07) is 7.25. The van der Waals surface area contributed by atoms with Crippen LogP contribution in [-0.4, -0.2) is 46.0 Å². The Morgan fingerprint density at radius 2 is 1.79 bits per heavy atom. The molecule has 4 rings (SSSR count). The van der Waals surface area contributed by atoms with Crippen LogP contribution >= 0.6 is 0 Å². The standard InChI is InChI=1S/C21H26N4O3/c1-2-28-16-10-8-15(9-11-16)22-20(26)19-23-18(17-7-3-4-14-25(17)19)21(27)24-12-5-6-13-24/h8-11H,2-7,12-14H2,1H3,(H,22,26). The van der Waals surface area contributed by atoms with E-state index in [1.165, 1.54) is 0 Å². The zero-order valence-electron chi connectivity index (χ0n) is 16.2. The lowest BCUT2D eigenvalue weighted by atomic mass is 10.1. The summed E-state index contributed by atoms with van der Waals surface area (Å²) in [7, 11) is 0. The largest absolute Gasteiger partial charge is 0.494 e. The molecule has 7 nitrogen and oxygen atoms in total. The number of rotatable bonds is 5. The molecule has 1 fully saturated rings. The molecule has 1 saturated heterocycles. The van der Waals surface area contributed by atoms with E-state index in [0.717, 1.165) is 63.2 Å². The highest BCUT2D eigenvalue weighted by Gasteiger charge is 2.30. The fraction of sp³-hybridized carbons (Fsp3) is 0.476. The Kier molecular flexibility index (Phi) is 5.32. The van der Waals surface area contributed by atoms with Gasteiger partial charge in [-0.25, -0.2) is 4.98 Å². The molecule has 2 aromatic rings. The third-order valence-corrected chi connectivity index (χ3v) is 5.34. The van der Waals surface area contributed by atoms with Crippen LogP contribution in [0, 0.1) is 0 Å². The summed E-state index contributed by atoms with van der Waals surface area (Å²) >= 11 is 0. The van der Waals surface area contributed by atoms with Gasteiger partial charge in [0.1, 0.15) is 11.4 Å². The van der Waals surface area contributed by atoms with Crippen molar-refractivity contribution in [3.8, 4) is 5.75 Å². The van der Waals surface area contributed by atoms with Gasteiger partial charge < -0.3 is 19.5 Å². The van der Waals surface area contributed by atoms with Crippen molar-refractivity contribution in [3.05, 3.63) is 41.5 Å². The number of nitrogens with one attached hydrogen (secondary N) is 1. The van der Waals surface area contributed by atoms with Crippen LogP contribution in [-0.2, 0) is 13.0 Å². The molecule has 0 radical (unpaired) electrons. The molecule has 3 heterocycles. The quantitative estimate of drug-likeness (QED) is 0.862. The number of imidazole rings is 1. The van der Waals surface area contributed by atoms with E-state index in [9.17, 15) is 9.59 Å². The minimum Gasteiger partial charge on any atom is -0.494 e. The number of amides is 2. The molecule has 2 amide bonds. The molecule has 28 heavy (non-hydrogen) atoms. The number of ether oxygens (including phenoxy) is 1. The van der Waals surface area contributed by atoms with Crippen LogP contribution in [0.15, 0.2) is 24.3 Å². The molecular weight excluding hydrogens is 356 g/mol. The maximum absolute atomic E-state index is 12.9. The van der Waals surface area contributed by atoms with Gasteiger partial charge in [0.05, 0.1) is 12.3 Å². The molecule has 0 unspecified atom stereocenters. The first-order valence-electron chi connectivity index (χ1n) is 10.1. The van der Waals surface area contributed by atoms with Crippen molar-refractivity contribution in [1.82, 2.24) is 14.5 Å². The maximum atomic E-state index is 12.9. The Balaban J connectivity index is 1.58. The molecule has 1 aromatic heterocycles. The van der Waals surface area contributed by atoms with Crippen molar-refractivity contribution in [2.45, 2.75) is 45.6 Å². The van der Waals surface area contributed by atoms with Gasteiger partial charge in [-0.15, -0.1) is 0 Å². The average molecular weight is 382 g/mol. The molecule has 0 atom stereocenters. The Bertz CT molecular complexity index is 867. The number of hydrogen-bond acceptors (Lipinski definition) is 4. The first-order chi connectivity index (χ1) is 13.7. The van der Waals surface area contributed by atoms with E-state index in [4.69, 9.17) is 4.74 Å². The number of likely N-dealkylation sites (tertiary alicyclic amines) is 1. The lowest BCUT2D eigenvalue weighted by Crippen LogP contribution is -2.29. The molecular formula is C21H26N4O3. The van der Waals surface area contributed by atoms with E-state index >= 15 is 0 Å². The maximum Gasteiger partial charge on any atom is 0.291 e. The van der Waals surface area contributed by atoms with Crippen LogP contribution < -0.4 is 10.1 Å². The fourth-order valence-electron chi connectivity index (χ4n) is 3.95. The van der Waals surface area contributed by atoms with Crippen LogP contribution in [0.4, 0.5) is 5.69 Å². The topological polar surface area (TPSA) is 76.5 Å². The third kappa shape index (κ3) is 3.61. The molecule has 1 N–H and O–H groups in total. The molecule has 0 bridgehead atoms. The van der Waals surface area contributed by atoms with Gasteiger partial charge in [0, 0.05) is 25.3 Å². The van der Waals surface area contributed by atoms with E-state index in [1.807, 2.05) is 28.5 Å². The average Bonchev–Trinajstić information content (AvgIpc) is 3.37. The predicted molar refractivity (Wildman–Crippen MR) is 106 cm³/mol. The number of anilines is 1. The van der Waals surface area contributed by atoms with Gasteiger partial charge in [0.2, 0.25) is 0 Å². The van der Waals surface area contributed by atoms with Crippen LogP contribution in [0.25, 0.3) is 0 Å². The van der Waals surface area contributed by atoms with E-state index < -0.39 is 0 Å². The highest BCUT2D eigenvalue weighted by Crippen LogP contribution is 2.24. The lowest BCUT2D eigenvalue weighted by Gasteiger charge is -2.18. The number of benzene rings is 1. The molecule has 1 aromatic carbocycles. The Morgan fingerprint density at radius 3 is 2.50 bits per heavy atom. The molecule has 0 aliphatic carbocycles. The van der Waals surface area contributed by atoms with Crippen LogP contribution in [0.2, 0.25) is 0 Å². The van der Waals surface area contributed by atoms with Gasteiger partial charge >= 0.3 is 0 Å². The summed E-state index contributed by atoms with van der Waals surface area (Å²) in [4.78, 5) is 32.2. The summed E-state index contributed by atoms with van der Waals surface area (Å²) in [6.07, 6.45) is 4.87. The Hall–Kier alpha value is -2.83. The fourth-order valence-corrected chi connectivity index (χ4v) is 3.95. The zero-order valence-corrected chi connectivity index (χ0v) is 16.2. The van der Waals surface area contributed by atoms with Crippen LogP contribution in [0.5, 0.6) is 5.75 Å². The van der Waals surface area contributed by atoms with Crippen LogP contribution in [0.1, 0.15) is 59.4 Å². The van der Waals surface area contributed by atoms with Gasteiger partial charge in [-0.05, 0) is 63.3 Å². The molecule has 0 saturated carbocycles. The first kappa shape index (κ1) is 18.5. The van der Waals surface area contributed by atoms with Crippen molar-refractivity contribution >= 4 is 17.5 Å². The van der Waals surface area contributed by atoms with E-state index in [0.29, 0.717) is 23.8 Å². The number of carbonyl (C=O) groups is 2. The number of carbonyl (C=O) groups excluding carboxylic acids is 2. The summed E-state index contributed by atoms with van der Waals surface area (Å²) in [5.41, 5.74) is 2.03. The summed E-state index contributed by atoms with van der Waals surface area (Å²) < 4.78 is 7.36. The van der Waals surface area contributed by atoms with E-state index in [2.05, 4.69) is 10.3 Å². The van der Waals surface area contributed by atoms with Crippen molar-refractivity contribution in [3.63, 3.8) is 0 Å².